The Kier molecular flexibility index (Phi) is 3.60. The van der Waals surface area contributed by atoms with Crippen LogP contribution in [0.4, 0.5) is 5.82 Å². The van der Waals surface area contributed by atoms with Gasteiger partial charge in [0.15, 0.2) is 0 Å². The van der Waals surface area contributed by atoms with E-state index in [-0.39, 0.29) is 11.3 Å². The molecule has 1 aliphatic heterocycles. The Balaban J connectivity index is 1.43. The minimum Gasteiger partial charge on any atom is -0.354 e. The smallest absolute Gasteiger partial charge is 0.274 e. The quantitative estimate of drug-likeness (QED) is 0.747. The summed E-state index contributed by atoms with van der Waals surface area (Å²) in [5.74, 6) is 0.905. The van der Waals surface area contributed by atoms with Gasteiger partial charge in [-0.05, 0) is 25.8 Å². The van der Waals surface area contributed by atoms with Crippen LogP contribution in [-0.4, -0.2) is 61.9 Å². The van der Waals surface area contributed by atoms with Gasteiger partial charge in [-0.2, -0.15) is 0 Å². The van der Waals surface area contributed by atoms with Gasteiger partial charge < -0.3 is 14.8 Å². The van der Waals surface area contributed by atoms with Gasteiger partial charge in [-0.3, -0.25) is 9.78 Å². The summed E-state index contributed by atoms with van der Waals surface area (Å²) in [5, 5.41) is 1.03. The molecule has 8 heteroatoms. The number of fused-ring (bicyclic) bond motifs is 1. The number of carbonyl (C=O) groups excluding carboxylic acids is 1. The monoisotopic (exact) mass is 363 g/mol. The number of aromatic amines is 1. The molecule has 1 spiro atoms. The molecule has 1 amide bonds. The number of nitrogens with one attached hydrogen (secondary N) is 1. The number of rotatable bonds is 2. The molecule has 3 aromatic heterocycles. The lowest BCUT2D eigenvalue weighted by Gasteiger charge is -2.25. The third-order valence-corrected chi connectivity index (χ3v) is 5.57. The molecule has 0 bridgehead atoms. The molecule has 3 aromatic rings. The first-order chi connectivity index (χ1) is 13.1. The fraction of sp³-hybridized carbons (Fsp3) is 0.421. The molecule has 1 aliphatic carbocycles. The number of hydrogen-bond acceptors (Lipinski definition) is 6. The largest absolute Gasteiger partial charge is 0.354 e. The van der Waals surface area contributed by atoms with Gasteiger partial charge in [0, 0.05) is 44.0 Å². The number of aryl methyl sites for hydroxylation is 1. The summed E-state index contributed by atoms with van der Waals surface area (Å²) < 4.78 is 0. The van der Waals surface area contributed by atoms with Crippen molar-refractivity contribution >= 4 is 22.8 Å². The van der Waals surface area contributed by atoms with Gasteiger partial charge in [-0.25, -0.2) is 15.0 Å². The van der Waals surface area contributed by atoms with Crippen LogP contribution in [0.2, 0.25) is 0 Å². The van der Waals surface area contributed by atoms with E-state index in [0.29, 0.717) is 12.2 Å². The van der Waals surface area contributed by atoms with Crippen LogP contribution < -0.4 is 4.90 Å². The summed E-state index contributed by atoms with van der Waals surface area (Å²) in [5.41, 5.74) is 2.22. The second-order valence-electron chi connectivity index (χ2n) is 7.63. The van der Waals surface area contributed by atoms with Gasteiger partial charge in [-0.1, -0.05) is 0 Å². The predicted octanol–water partition coefficient (Wildman–Crippen LogP) is 1.80. The molecule has 4 heterocycles. The Morgan fingerprint density at radius 3 is 2.78 bits per heavy atom. The first-order valence-corrected chi connectivity index (χ1v) is 9.25. The van der Waals surface area contributed by atoms with E-state index in [1.165, 1.54) is 0 Å². The van der Waals surface area contributed by atoms with Crippen molar-refractivity contribution in [2.75, 3.05) is 31.1 Å². The van der Waals surface area contributed by atoms with Gasteiger partial charge >= 0.3 is 0 Å². The van der Waals surface area contributed by atoms with Crippen molar-refractivity contribution in [2.24, 2.45) is 5.41 Å². The summed E-state index contributed by atoms with van der Waals surface area (Å²) in [6, 6.07) is 2.01. The number of aromatic nitrogens is 5. The van der Waals surface area contributed by atoms with Crippen LogP contribution in [-0.2, 0) is 0 Å². The Labute approximate surface area is 156 Å². The fourth-order valence-corrected chi connectivity index (χ4v) is 3.88. The van der Waals surface area contributed by atoms with Crippen LogP contribution in [0.5, 0.6) is 0 Å². The van der Waals surface area contributed by atoms with E-state index in [4.69, 9.17) is 0 Å². The first kappa shape index (κ1) is 16.2. The highest BCUT2D eigenvalue weighted by atomic mass is 16.2. The van der Waals surface area contributed by atoms with E-state index in [0.717, 1.165) is 55.0 Å². The lowest BCUT2D eigenvalue weighted by atomic mass is 10.1. The maximum absolute atomic E-state index is 13.0. The summed E-state index contributed by atoms with van der Waals surface area (Å²) in [6.45, 7) is 4.93. The maximum Gasteiger partial charge on any atom is 0.274 e. The van der Waals surface area contributed by atoms with Crippen LogP contribution in [0.25, 0.3) is 11.0 Å². The molecular weight excluding hydrogens is 342 g/mol. The van der Waals surface area contributed by atoms with Crippen molar-refractivity contribution in [2.45, 2.75) is 19.8 Å². The molecular formula is C19H21N7O. The average Bonchev–Trinajstić information content (AvgIpc) is 3.32. The molecule has 2 aliphatic rings. The summed E-state index contributed by atoms with van der Waals surface area (Å²) in [7, 11) is 0. The second-order valence-corrected chi connectivity index (χ2v) is 7.63. The van der Waals surface area contributed by atoms with Gasteiger partial charge in [-0.15, -0.1) is 0 Å². The van der Waals surface area contributed by atoms with E-state index in [2.05, 4.69) is 29.8 Å². The van der Waals surface area contributed by atoms with E-state index in [1.807, 2.05) is 24.1 Å². The molecule has 0 radical (unpaired) electrons. The third kappa shape index (κ3) is 2.90. The molecule has 2 fully saturated rings. The van der Waals surface area contributed by atoms with Crippen LogP contribution in [0.3, 0.4) is 0 Å². The summed E-state index contributed by atoms with van der Waals surface area (Å²) >= 11 is 0. The standard InChI is InChI=1S/C19H21N7O/c1-13-8-22-15(9-21-13)18(27)26-7-6-25(10-19(11-26)3-4-19)17-14-2-5-20-16(14)23-12-24-17/h2,5,8-9,12H,3-4,6-7,10-11H2,1H3,(H,20,23,24). The van der Waals surface area contributed by atoms with Crippen molar-refractivity contribution in [1.29, 1.82) is 0 Å². The Morgan fingerprint density at radius 2 is 2.00 bits per heavy atom. The van der Waals surface area contributed by atoms with E-state index in [1.54, 1.807) is 18.7 Å². The third-order valence-electron chi connectivity index (χ3n) is 5.57. The van der Waals surface area contributed by atoms with Crippen molar-refractivity contribution in [3.8, 4) is 0 Å². The average molecular weight is 363 g/mol. The van der Waals surface area contributed by atoms with Crippen molar-refractivity contribution < 1.29 is 4.79 Å². The predicted molar refractivity (Wildman–Crippen MR) is 100 cm³/mol. The Morgan fingerprint density at radius 1 is 1.11 bits per heavy atom. The molecule has 0 unspecified atom stereocenters. The lowest BCUT2D eigenvalue weighted by Crippen LogP contribution is -2.37. The summed E-state index contributed by atoms with van der Waals surface area (Å²) in [6.07, 6.45) is 8.98. The number of H-pyrrole nitrogens is 1. The highest BCUT2D eigenvalue weighted by Crippen LogP contribution is 2.48. The Bertz CT molecular complexity index is 993. The van der Waals surface area contributed by atoms with Crippen LogP contribution in [0.15, 0.2) is 31.0 Å². The van der Waals surface area contributed by atoms with Crippen molar-refractivity contribution in [1.82, 2.24) is 29.8 Å². The minimum absolute atomic E-state index is 0.0369. The molecule has 1 N–H and O–H groups in total. The molecule has 1 saturated heterocycles. The zero-order valence-corrected chi connectivity index (χ0v) is 15.2. The molecule has 0 atom stereocenters. The number of carbonyl (C=O) groups is 1. The molecule has 1 saturated carbocycles. The molecule has 27 heavy (non-hydrogen) atoms. The van der Waals surface area contributed by atoms with Crippen molar-refractivity contribution in [3.63, 3.8) is 0 Å². The Hall–Kier alpha value is -3.03. The van der Waals surface area contributed by atoms with E-state index >= 15 is 0 Å². The fourth-order valence-electron chi connectivity index (χ4n) is 3.88. The minimum atomic E-state index is -0.0369. The van der Waals surface area contributed by atoms with Gasteiger partial charge in [0.1, 0.15) is 23.5 Å². The number of amides is 1. The number of hydrogen-bond donors (Lipinski definition) is 1. The normalized spacial score (nSPS) is 18.7. The zero-order valence-electron chi connectivity index (χ0n) is 15.2. The second kappa shape index (κ2) is 6.00. The highest BCUT2D eigenvalue weighted by molar-refractivity contribution is 5.92. The molecule has 138 valence electrons. The number of nitrogens with zero attached hydrogens (tertiary/aromatic N) is 6. The van der Waals surface area contributed by atoms with Crippen LogP contribution in [0.1, 0.15) is 29.0 Å². The molecule has 0 aromatic carbocycles. The van der Waals surface area contributed by atoms with Crippen LogP contribution >= 0.6 is 0 Å². The SMILES string of the molecule is Cc1cnc(C(=O)N2CCN(c3ncnc4[nH]ccc34)CC3(CC3)C2)cn1. The summed E-state index contributed by atoms with van der Waals surface area (Å²) in [4.78, 5) is 37.7. The van der Waals surface area contributed by atoms with Crippen LogP contribution in [0, 0.1) is 12.3 Å². The lowest BCUT2D eigenvalue weighted by molar-refractivity contribution is 0.0734. The van der Waals surface area contributed by atoms with Crippen molar-refractivity contribution in [3.05, 3.63) is 42.4 Å². The number of anilines is 1. The molecule has 8 nitrogen and oxygen atoms in total. The van der Waals surface area contributed by atoms with E-state index in [9.17, 15) is 4.79 Å². The zero-order chi connectivity index (χ0) is 18.4. The molecule has 5 rings (SSSR count). The van der Waals surface area contributed by atoms with Gasteiger partial charge in [0.25, 0.3) is 5.91 Å². The topological polar surface area (TPSA) is 90.9 Å². The highest BCUT2D eigenvalue weighted by Gasteiger charge is 2.48. The van der Waals surface area contributed by atoms with E-state index < -0.39 is 0 Å². The van der Waals surface area contributed by atoms with Gasteiger partial charge in [0.2, 0.25) is 0 Å². The van der Waals surface area contributed by atoms with Gasteiger partial charge in [0.05, 0.1) is 17.3 Å². The maximum atomic E-state index is 13.0. The first-order valence-electron chi connectivity index (χ1n) is 9.25.